The van der Waals surface area contributed by atoms with E-state index in [1.165, 1.54) is 51.4 Å². The molecule has 0 spiro atoms. The zero-order valence-electron chi connectivity index (χ0n) is 40.1. The molecule has 5 heteroatoms. The third-order valence-corrected chi connectivity index (χ3v) is 9.96. The standard InChI is InChI=1S/C57H92O5/c1-4-7-10-13-16-19-22-25-27-29-31-33-35-38-41-44-47-50-56(58)61-54-55(53-60-52-49-46-43-40-37-24-21-18-15-12-9-6-3)62-57(59)51-48-45-42-39-36-34-32-30-28-26-23-20-17-14-11-8-5-2/h7-8,10-11,15-20,25-28,31-34,38,41,55H,4-6,9,12-14,21-24,29-30,35-37,39-40,42-54H2,1-3H3/b10-7-,11-8-,18-15-,19-16-,20-17-,27-25-,28-26-,33-31-,34-32-,41-38-. The highest BCUT2D eigenvalue weighted by atomic mass is 16.6. The fourth-order valence-electron chi connectivity index (χ4n) is 6.28. The summed E-state index contributed by atoms with van der Waals surface area (Å²) >= 11 is 0. The van der Waals surface area contributed by atoms with Crippen molar-refractivity contribution < 1.29 is 23.8 Å². The van der Waals surface area contributed by atoms with Gasteiger partial charge in [0.1, 0.15) is 6.61 Å². The first-order chi connectivity index (χ1) is 30.6. The molecule has 1 unspecified atom stereocenters. The zero-order valence-corrected chi connectivity index (χ0v) is 40.1. The molecule has 1 atom stereocenters. The van der Waals surface area contributed by atoms with Gasteiger partial charge in [-0.1, -0.05) is 194 Å². The summed E-state index contributed by atoms with van der Waals surface area (Å²) in [6.07, 6.45) is 72.1. The van der Waals surface area contributed by atoms with E-state index >= 15 is 0 Å². The van der Waals surface area contributed by atoms with Crippen LogP contribution < -0.4 is 0 Å². The molecule has 0 rings (SSSR count). The topological polar surface area (TPSA) is 61.8 Å². The second-order valence-electron chi connectivity index (χ2n) is 15.9. The van der Waals surface area contributed by atoms with Crippen LogP contribution in [0.5, 0.6) is 0 Å². The van der Waals surface area contributed by atoms with Crippen molar-refractivity contribution in [2.24, 2.45) is 0 Å². The number of hydrogen-bond donors (Lipinski definition) is 0. The summed E-state index contributed by atoms with van der Waals surface area (Å²) in [4.78, 5) is 25.4. The molecule has 350 valence electrons. The van der Waals surface area contributed by atoms with Gasteiger partial charge in [0.15, 0.2) is 6.10 Å². The van der Waals surface area contributed by atoms with Crippen molar-refractivity contribution in [2.75, 3.05) is 19.8 Å². The number of unbranched alkanes of at least 4 members (excludes halogenated alkanes) is 13. The molecule has 0 amide bonds. The Morgan fingerprint density at radius 1 is 0.371 bits per heavy atom. The highest BCUT2D eigenvalue weighted by molar-refractivity contribution is 5.70. The maximum atomic E-state index is 12.8. The molecular formula is C57H92O5. The van der Waals surface area contributed by atoms with Crippen molar-refractivity contribution in [3.05, 3.63) is 122 Å². The van der Waals surface area contributed by atoms with Crippen LogP contribution in [-0.2, 0) is 23.8 Å². The number of rotatable bonds is 44. The van der Waals surface area contributed by atoms with Crippen molar-refractivity contribution in [3.63, 3.8) is 0 Å². The average Bonchev–Trinajstić information content (AvgIpc) is 3.27. The van der Waals surface area contributed by atoms with Crippen LogP contribution in [0.3, 0.4) is 0 Å². The SMILES string of the molecule is CC/C=C\C/C=C\C/C=C\C/C=C\C/C=C\CCCC(=O)OCC(COCCCCCCCC/C=C\CCCC)OC(=O)CCCCCC/C=C\C/C=C\C/C=C\C/C=C\CC. The van der Waals surface area contributed by atoms with Crippen LogP contribution in [0.1, 0.15) is 201 Å². The van der Waals surface area contributed by atoms with Crippen molar-refractivity contribution in [1.82, 2.24) is 0 Å². The largest absolute Gasteiger partial charge is 0.462 e. The van der Waals surface area contributed by atoms with E-state index in [0.717, 1.165) is 116 Å². The van der Waals surface area contributed by atoms with Crippen molar-refractivity contribution >= 4 is 11.9 Å². The summed E-state index contributed by atoms with van der Waals surface area (Å²) in [7, 11) is 0. The highest BCUT2D eigenvalue weighted by Gasteiger charge is 2.17. The Morgan fingerprint density at radius 3 is 1.23 bits per heavy atom. The van der Waals surface area contributed by atoms with E-state index in [2.05, 4.69) is 142 Å². The minimum atomic E-state index is -0.582. The molecule has 0 aromatic heterocycles. The molecule has 62 heavy (non-hydrogen) atoms. The first-order valence-electron chi connectivity index (χ1n) is 25.1. The van der Waals surface area contributed by atoms with Gasteiger partial charge < -0.3 is 14.2 Å². The van der Waals surface area contributed by atoms with Crippen LogP contribution >= 0.6 is 0 Å². The lowest BCUT2D eigenvalue weighted by Gasteiger charge is -2.18. The van der Waals surface area contributed by atoms with E-state index < -0.39 is 6.10 Å². The number of allylic oxidation sites excluding steroid dienone is 20. The van der Waals surface area contributed by atoms with Crippen molar-refractivity contribution in [2.45, 2.75) is 207 Å². The molecule has 0 radical (unpaired) electrons. The predicted molar refractivity (Wildman–Crippen MR) is 269 cm³/mol. The van der Waals surface area contributed by atoms with Gasteiger partial charge in [0.05, 0.1) is 6.61 Å². The van der Waals surface area contributed by atoms with E-state index in [1.54, 1.807) is 0 Å². The number of carbonyl (C=O) groups is 2. The normalized spacial score (nSPS) is 13.3. The fraction of sp³-hybridized carbons (Fsp3) is 0.614. The van der Waals surface area contributed by atoms with Gasteiger partial charge in [0.2, 0.25) is 0 Å². The monoisotopic (exact) mass is 857 g/mol. The minimum Gasteiger partial charge on any atom is -0.462 e. The van der Waals surface area contributed by atoms with Gasteiger partial charge in [0.25, 0.3) is 0 Å². The summed E-state index contributed by atoms with van der Waals surface area (Å²) in [5, 5.41) is 0. The van der Waals surface area contributed by atoms with Crippen LogP contribution in [-0.4, -0.2) is 37.9 Å². The molecule has 0 aliphatic rings. The Kier molecular flexibility index (Phi) is 48.6. The third-order valence-electron chi connectivity index (χ3n) is 9.96. The Labute approximate surface area is 382 Å². The maximum absolute atomic E-state index is 12.8. The molecule has 0 aliphatic heterocycles. The number of esters is 2. The Balaban J connectivity index is 4.44. The van der Waals surface area contributed by atoms with Crippen molar-refractivity contribution in [3.8, 4) is 0 Å². The van der Waals surface area contributed by atoms with Gasteiger partial charge in [-0.05, 0) is 116 Å². The molecule has 0 N–H and O–H groups in total. The molecule has 0 fully saturated rings. The molecule has 0 bridgehead atoms. The van der Waals surface area contributed by atoms with Gasteiger partial charge in [-0.3, -0.25) is 9.59 Å². The summed E-state index contributed by atoms with van der Waals surface area (Å²) in [6.45, 7) is 7.45. The molecule has 0 aliphatic carbocycles. The highest BCUT2D eigenvalue weighted by Crippen LogP contribution is 2.11. The Morgan fingerprint density at radius 2 is 0.742 bits per heavy atom. The zero-order chi connectivity index (χ0) is 44.9. The smallest absolute Gasteiger partial charge is 0.306 e. The number of hydrogen-bond acceptors (Lipinski definition) is 5. The first kappa shape index (κ1) is 58.3. The van der Waals surface area contributed by atoms with E-state index in [0.29, 0.717) is 19.4 Å². The van der Waals surface area contributed by atoms with Crippen LogP contribution in [0, 0.1) is 0 Å². The average molecular weight is 857 g/mol. The minimum absolute atomic E-state index is 0.0357. The lowest BCUT2D eigenvalue weighted by Crippen LogP contribution is -2.30. The van der Waals surface area contributed by atoms with E-state index in [9.17, 15) is 9.59 Å². The number of carbonyl (C=O) groups excluding carboxylic acids is 2. The molecule has 0 aromatic carbocycles. The maximum Gasteiger partial charge on any atom is 0.306 e. The first-order valence-corrected chi connectivity index (χ1v) is 25.1. The predicted octanol–water partition coefficient (Wildman–Crippen LogP) is 17.0. The Bertz CT molecular complexity index is 1290. The summed E-state index contributed by atoms with van der Waals surface area (Å²) in [5.74, 6) is -0.504. The van der Waals surface area contributed by atoms with Crippen LogP contribution in [0.2, 0.25) is 0 Å². The molecule has 0 saturated carbocycles. The second-order valence-corrected chi connectivity index (χ2v) is 15.9. The molecule has 5 nitrogen and oxygen atoms in total. The fourth-order valence-corrected chi connectivity index (χ4v) is 6.28. The molecular weight excluding hydrogens is 765 g/mol. The van der Waals surface area contributed by atoms with Crippen molar-refractivity contribution in [1.29, 1.82) is 0 Å². The quantitative estimate of drug-likeness (QED) is 0.0347. The number of ether oxygens (including phenoxy) is 3. The van der Waals surface area contributed by atoms with Crippen LogP contribution in [0.15, 0.2) is 122 Å². The van der Waals surface area contributed by atoms with E-state index in [-0.39, 0.29) is 25.2 Å². The lowest BCUT2D eigenvalue weighted by atomic mass is 10.1. The van der Waals surface area contributed by atoms with Crippen LogP contribution in [0.4, 0.5) is 0 Å². The lowest BCUT2D eigenvalue weighted by molar-refractivity contribution is -0.163. The van der Waals surface area contributed by atoms with Gasteiger partial charge in [-0.25, -0.2) is 0 Å². The third kappa shape index (κ3) is 49.0. The molecule has 0 aromatic rings. The van der Waals surface area contributed by atoms with E-state index in [1.807, 2.05) is 0 Å². The second kappa shape index (κ2) is 51.6. The van der Waals surface area contributed by atoms with Gasteiger partial charge in [-0.2, -0.15) is 0 Å². The van der Waals surface area contributed by atoms with Gasteiger partial charge >= 0.3 is 11.9 Å². The van der Waals surface area contributed by atoms with Gasteiger partial charge in [-0.15, -0.1) is 0 Å². The summed E-state index contributed by atoms with van der Waals surface area (Å²) in [5.41, 5.74) is 0. The summed E-state index contributed by atoms with van der Waals surface area (Å²) in [6, 6.07) is 0. The van der Waals surface area contributed by atoms with Gasteiger partial charge in [0, 0.05) is 19.4 Å². The van der Waals surface area contributed by atoms with Crippen LogP contribution in [0.25, 0.3) is 0 Å². The summed E-state index contributed by atoms with van der Waals surface area (Å²) < 4.78 is 17.3. The Hall–Kier alpha value is -3.70. The molecule has 0 saturated heterocycles. The molecule has 0 heterocycles. The van der Waals surface area contributed by atoms with E-state index in [4.69, 9.17) is 14.2 Å².